The molecule has 19 heavy (non-hydrogen) atoms. The maximum atomic E-state index is 12.2. The quantitative estimate of drug-likeness (QED) is 0.850. The first-order chi connectivity index (χ1) is 9.02. The summed E-state index contributed by atoms with van der Waals surface area (Å²) in [6.07, 6.45) is 2.33. The molecule has 0 bridgehead atoms. The lowest BCUT2D eigenvalue weighted by atomic mass is 9.93. The van der Waals surface area contributed by atoms with E-state index in [0.717, 1.165) is 12.3 Å². The molecule has 5 heteroatoms. The molecule has 0 saturated carbocycles. The van der Waals surface area contributed by atoms with E-state index < -0.39 is 0 Å². The molecule has 2 rings (SSSR count). The molecule has 1 fully saturated rings. The molecule has 0 radical (unpaired) electrons. The molecule has 1 atom stereocenters. The van der Waals surface area contributed by atoms with Crippen LogP contribution in [0.25, 0.3) is 0 Å². The minimum absolute atomic E-state index is 0.0472. The van der Waals surface area contributed by atoms with Gasteiger partial charge in [-0.05, 0) is 30.5 Å². The van der Waals surface area contributed by atoms with Gasteiger partial charge in [-0.15, -0.1) is 0 Å². The SMILES string of the molecule is CC1(C)CNC(=O)C(CCN)N(Cc2ccco2)C1. The standard InChI is InChI=1S/C14H23N3O2/c1-14(2)9-16-13(18)12(5-6-15)17(10-14)8-11-4-3-7-19-11/h3-4,7,12H,5-6,8-10,15H2,1-2H3,(H,16,18). The predicted molar refractivity (Wildman–Crippen MR) is 73.4 cm³/mol. The van der Waals surface area contributed by atoms with Gasteiger partial charge in [0.2, 0.25) is 5.91 Å². The summed E-state index contributed by atoms with van der Waals surface area (Å²) in [5, 5.41) is 3.01. The minimum atomic E-state index is -0.170. The van der Waals surface area contributed by atoms with Crippen molar-refractivity contribution in [3.8, 4) is 0 Å². The van der Waals surface area contributed by atoms with Crippen LogP contribution >= 0.6 is 0 Å². The summed E-state index contributed by atoms with van der Waals surface area (Å²) < 4.78 is 5.40. The van der Waals surface area contributed by atoms with Crippen LogP contribution < -0.4 is 11.1 Å². The fraction of sp³-hybridized carbons (Fsp3) is 0.643. The molecule has 0 aliphatic carbocycles. The van der Waals surface area contributed by atoms with E-state index in [9.17, 15) is 4.79 Å². The van der Waals surface area contributed by atoms with Gasteiger partial charge in [0.1, 0.15) is 5.76 Å². The summed E-state index contributed by atoms with van der Waals surface area (Å²) in [6.45, 7) is 7.01. The van der Waals surface area contributed by atoms with Gasteiger partial charge in [0, 0.05) is 13.1 Å². The van der Waals surface area contributed by atoms with Gasteiger partial charge in [-0.25, -0.2) is 0 Å². The first kappa shape index (κ1) is 14.1. The van der Waals surface area contributed by atoms with Gasteiger partial charge < -0.3 is 15.5 Å². The van der Waals surface area contributed by atoms with Crippen molar-refractivity contribution in [1.29, 1.82) is 0 Å². The summed E-state index contributed by atoms with van der Waals surface area (Å²) in [4.78, 5) is 14.4. The Bertz CT molecular complexity index is 414. The summed E-state index contributed by atoms with van der Waals surface area (Å²) >= 11 is 0. The normalized spacial score (nSPS) is 23.9. The molecule has 0 aromatic carbocycles. The fourth-order valence-electron chi connectivity index (χ4n) is 2.57. The number of amides is 1. The van der Waals surface area contributed by atoms with Crippen LogP contribution in [0.5, 0.6) is 0 Å². The van der Waals surface area contributed by atoms with Crippen LogP contribution in [-0.2, 0) is 11.3 Å². The number of carbonyl (C=O) groups is 1. The number of carbonyl (C=O) groups excluding carboxylic acids is 1. The van der Waals surface area contributed by atoms with E-state index in [0.29, 0.717) is 26.1 Å². The Hall–Kier alpha value is -1.33. The van der Waals surface area contributed by atoms with Crippen molar-refractivity contribution in [1.82, 2.24) is 10.2 Å². The number of hydrogen-bond acceptors (Lipinski definition) is 4. The maximum absolute atomic E-state index is 12.2. The Morgan fingerprint density at radius 2 is 2.37 bits per heavy atom. The smallest absolute Gasteiger partial charge is 0.237 e. The van der Waals surface area contributed by atoms with Gasteiger partial charge in [-0.3, -0.25) is 9.69 Å². The summed E-state index contributed by atoms with van der Waals surface area (Å²) in [7, 11) is 0. The van der Waals surface area contributed by atoms with E-state index in [4.69, 9.17) is 10.2 Å². The molecule has 1 unspecified atom stereocenters. The largest absolute Gasteiger partial charge is 0.468 e. The van der Waals surface area contributed by atoms with Crippen LogP contribution in [0.1, 0.15) is 26.0 Å². The molecule has 1 aliphatic heterocycles. The number of hydrogen-bond donors (Lipinski definition) is 2. The second kappa shape index (κ2) is 5.75. The topological polar surface area (TPSA) is 71.5 Å². The zero-order valence-corrected chi connectivity index (χ0v) is 11.7. The third-order valence-corrected chi connectivity index (χ3v) is 3.49. The van der Waals surface area contributed by atoms with Crippen molar-refractivity contribution in [3.05, 3.63) is 24.2 Å². The second-order valence-corrected chi connectivity index (χ2v) is 5.96. The molecule has 1 saturated heterocycles. The first-order valence-corrected chi connectivity index (χ1v) is 6.76. The lowest BCUT2D eigenvalue weighted by Gasteiger charge is -2.31. The third kappa shape index (κ3) is 3.58. The van der Waals surface area contributed by atoms with Gasteiger partial charge >= 0.3 is 0 Å². The average molecular weight is 265 g/mol. The Morgan fingerprint density at radius 1 is 1.58 bits per heavy atom. The van der Waals surface area contributed by atoms with Crippen LogP contribution in [0.3, 0.4) is 0 Å². The Morgan fingerprint density at radius 3 is 3.00 bits per heavy atom. The highest BCUT2D eigenvalue weighted by atomic mass is 16.3. The lowest BCUT2D eigenvalue weighted by molar-refractivity contribution is -0.125. The van der Waals surface area contributed by atoms with Crippen LogP contribution in [0.15, 0.2) is 22.8 Å². The monoisotopic (exact) mass is 265 g/mol. The predicted octanol–water partition coefficient (Wildman–Crippen LogP) is 0.955. The third-order valence-electron chi connectivity index (χ3n) is 3.49. The molecule has 1 aliphatic rings. The van der Waals surface area contributed by atoms with E-state index in [2.05, 4.69) is 24.1 Å². The molecule has 0 spiro atoms. The van der Waals surface area contributed by atoms with E-state index in [1.54, 1.807) is 6.26 Å². The van der Waals surface area contributed by atoms with Crippen molar-refractivity contribution < 1.29 is 9.21 Å². The van der Waals surface area contributed by atoms with Crippen molar-refractivity contribution in [2.45, 2.75) is 32.9 Å². The van der Waals surface area contributed by atoms with Crippen LogP contribution in [0.4, 0.5) is 0 Å². The van der Waals surface area contributed by atoms with Crippen molar-refractivity contribution in [2.75, 3.05) is 19.6 Å². The van der Waals surface area contributed by atoms with Crippen LogP contribution in [0, 0.1) is 5.41 Å². The Balaban J connectivity index is 2.18. The van der Waals surface area contributed by atoms with Crippen molar-refractivity contribution in [2.24, 2.45) is 11.1 Å². The first-order valence-electron chi connectivity index (χ1n) is 6.76. The molecular formula is C14H23N3O2. The zero-order chi connectivity index (χ0) is 13.9. The summed E-state index contributed by atoms with van der Waals surface area (Å²) in [5.41, 5.74) is 5.69. The van der Waals surface area contributed by atoms with Gasteiger partial charge in [0.25, 0.3) is 0 Å². The fourth-order valence-corrected chi connectivity index (χ4v) is 2.57. The molecule has 1 amide bonds. The van der Waals surface area contributed by atoms with E-state index in [1.165, 1.54) is 0 Å². The second-order valence-electron chi connectivity index (χ2n) is 5.96. The minimum Gasteiger partial charge on any atom is -0.468 e. The highest BCUT2D eigenvalue weighted by molar-refractivity contribution is 5.82. The molecule has 1 aromatic rings. The number of nitrogens with one attached hydrogen (secondary N) is 1. The average Bonchev–Trinajstić information content (AvgIpc) is 2.81. The van der Waals surface area contributed by atoms with Crippen molar-refractivity contribution >= 4 is 5.91 Å². The molecule has 106 valence electrons. The molecule has 1 aromatic heterocycles. The number of furan rings is 1. The van der Waals surface area contributed by atoms with Gasteiger partial charge in [-0.2, -0.15) is 0 Å². The highest BCUT2D eigenvalue weighted by Crippen LogP contribution is 2.23. The summed E-state index contributed by atoms with van der Waals surface area (Å²) in [6, 6.07) is 3.64. The highest BCUT2D eigenvalue weighted by Gasteiger charge is 2.35. The Kier molecular flexibility index (Phi) is 4.27. The molecule has 5 nitrogen and oxygen atoms in total. The maximum Gasteiger partial charge on any atom is 0.237 e. The molecular weight excluding hydrogens is 242 g/mol. The lowest BCUT2D eigenvalue weighted by Crippen LogP contribution is -2.45. The summed E-state index contributed by atoms with van der Waals surface area (Å²) in [5.74, 6) is 0.954. The molecule has 2 heterocycles. The van der Waals surface area contributed by atoms with Gasteiger partial charge in [0.05, 0.1) is 18.8 Å². The van der Waals surface area contributed by atoms with Gasteiger partial charge in [0.15, 0.2) is 0 Å². The molecule has 3 N–H and O–H groups in total. The van der Waals surface area contributed by atoms with Crippen LogP contribution in [-0.4, -0.2) is 36.5 Å². The van der Waals surface area contributed by atoms with Gasteiger partial charge in [-0.1, -0.05) is 13.8 Å². The number of nitrogens with two attached hydrogens (primary N) is 1. The van der Waals surface area contributed by atoms with E-state index >= 15 is 0 Å². The Labute approximate surface area is 114 Å². The van der Waals surface area contributed by atoms with E-state index in [-0.39, 0.29) is 17.4 Å². The van der Waals surface area contributed by atoms with Crippen LogP contribution in [0.2, 0.25) is 0 Å². The van der Waals surface area contributed by atoms with E-state index in [1.807, 2.05) is 12.1 Å². The number of nitrogens with zero attached hydrogens (tertiary/aromatic N) is 1. The zero-order valence-electron chi connectivity index (χ0n) is 11.7. The number of rotatable bonds is 4. The van der Waals surface area contributed by atoms with Crippen molar-refractivity contribution in [3.63, 3.8) is 0 Å².